The number of carbonyl (C=O) groups is 1. The zero-order valence-corrected chi connectivity index (χ0v) is 10.1. The minimum atomic E-state index is -0.334. The zero-order valence-electron chi connectivity index (χ0n) is 9.31. The van der Waals surface area contributed by atoms with Gasteiger partial charge < -0.3 is 0 Å². The van der Waals surface area contributed by atoms with Crippen molar-refractivity contribution in [3.05, 3.63) is 65.5 Å². The maximum absolute atomic E-state index is 12.8. The van der Waals surface area contributed by atoms with Crippen LogP contribution in [-0.4, -0.2) is 12.0 Å². The Morgan fingerprint density at radius 1 is 1.06 bits per heavy atom. The summed E-state index contributed by atoms with van der Waals surface area (Å²) in [5.41, 5.74) is 1.17. The largest absolute Gasteiger partial charge is 0.289 e. The summed E-state index contributed by atoms with van der Waals surface area (Å²) in [6.45, 7) is 0. The monoisotopic (exact) mass is 246 g/mol. The summed E-state index contributed by atoms with van der Waals surface area (Å²) in [6.07, 6.45) is 1.93. The Kier molecular flexibility index (Phi) is 3.59. The van der Waals surface area contributed by atoms with Crippen LogP contribution in [0.3, 0.4) is 0 Å². The van der Waals surface area contributed by atoms with E-state index in [4.69, 9.17) is 0 Å². The van der Waals surface area contributed by atoms with Gasteiger partial charge >= 0.3 is 0 Å². The molecule has 0 saturated carbocycles. The van der Waals surface area contributed by atoms with E-state index in [9.17, 15) is 9.18 Å². The van der Waals surface area contributed by atoms with Gasteiger partial charge in [0, 0.05) is 16.0 Å². The maximum atomic E-state index is 12.8. The van der Waals surface area contributed by atoms with Crippen molar-refractivity contribution in [2.24, 2.45) is 0 Å². The highest BCUT2D eigenvalue weighted by Crippen LogP contribution is 2.22. The van der Waals surface area contributed by atoms with Crippen molar-refractivity contribution in [1.29, 1.82) is 0 Å². The summed E-state index contributed by atoms with van der Waals surface area (Å²) < 4.78 is 12.8. The lowest BCUT2D eigenvalue weighted by Crippen LogP contribution is -2.02. The second-order valence-corrected chi connectivity index (χ2v) is 4.38. The van der Waals surface area contributed by atoms with Crippen LogP contribution in [0, 0.1) is 5.82 Å². The molecule has 0 aliphatic carbocycles. The second kappa shape index (κ2) is 5.15. The Hall–Kier alpha value is -1.61. The van der Waals surface area contributed by atoms with Crippen LogP contribution in [0.2, 0.25) is 0 Å². The van der Waals surface area contributed by atoms with Crippen LogP contribution in [0.4, 0.5) is 4.39 Å². The zero-order chi connectivity index (χ0) is 12.3. The predicted octanol–water partition coefficient (Wildman–Crippen LogP) is 3.78. The first-order valence-electron chi connectivity index (χ1n) is 5.15. The molecule has 0 N–H and O–H groups in total. The SMILES string of the molecule is CSc1ccccc1C(=O)c1ccc(F)cc1. The van der Waals surface area contributed by atoms with Gasteiger partial charge in [0.15, 0.2) is 5.78 Å². The summed E-state index contributed by atoms with van der Waals surface area (Å²) in [6, 6.07) is 13.0. The molecule has 2 rings (SSSR count). The molecule has 17 heavy (non-hydrogen) atoms. The van der Waals surface area contributed by atoms with Crippen LogP contribution >= 0.6 is 11.8 Å². The molecule has 1 nitrogen and oxygen atoms in total. The molecule has 0 unspecified atom stereocenters. The van der Waals surface area contributed by atoms with E-state index in [0.717, 1.165) is 4.90 Å². The van der Waals surface area contributed by atoms with Crippen molar-refractivity contribution in [2.45, 2.75) is 4.90 Å². The predicted molar refractivity (Wildman–Crippen MR) is 68.1 cm³/mol. The van der Waals surface area contributed by atoms with Crippen LogP contribution in [-0.2, 0) is 0 Å². The van der Waals surface area contributed by atoms with Crippen LogP contribution in [0.25, 0.3) is 0 Å². The standard InChI is InChI=1S/C14H11FOS/c1-17-13-5-3-2-4-12(13)14(16)10-6-8-11(15)9-7-10/h2-9H,1H3. The highest BCUT2D eigenvalue weighted by atomic mass is 32.2. The lowest BCUT2D eigenvalue weighted by atomic mass is 10.0. The molecule has 0 spiro atoms. The normalized spacial score (nSPS) is 10.2. The summed E-state index contributed by atoms with van der Waals surface area (Å²) in [7, 11) is 0. The number of hydrogen-bond donors (Lipinski definition) is 0. The van der Waals surface area contributed by atoms with Gasteiger partial charge in [-0.2, -0.15) is 0 Å². The first-order valence-corrected chi connectivity index (χ1v) is 6.38. The minimum absolute atomic E-state index is 0.0741. The molecule has 2 aromatic carbocycles. The van der Waals surface area contributed by atoms with Gasteiger partial charge in [0.2, 0.25) is 0 Å². The molecule has 0 heterocycles. The smallest absolute Gasteiger partial charge is 0.194 e. The molecule has 0 bridgehead atoms. The summed E-state index contributed by atoms with van der Waals surface area (Å²) >= 11 is 1.53. The van der Waals surface area contributed by atoms with Crippen molar-refractivity contribution in [3.63, 3.8) is 0 Å². The number of thioether (sulfide) groups is 1. The number of hydrogen-bond acceptors (Lipinski definition) is 2. The first-order chi connectivity index (χ1) is 8.22. The molecular weight excluding hydrogens is 235 g/mol. The van der Waals surface area contributed by atoms with Crippen molar-refractivity contribution >= 4 is 17.5 Å². The van der Waals surface area contributed by atoms with E-state index in [1.54, 1.807) is 6.07 Å². The number of carbonyl (C=O) groups excluding carboxylic acids is 1. The fraction of sp³-hybridized carbons (Fsp3) is 0.0714. The van der Waals surface area contributed by atoms with E-state index in [2.05, 4.69) is 0 Å². The van der Waals surface area contributed by atoms with Crippen molar-refractivity contribution < 1.29 is 9.18 Å². The number of halogens is 1. The molecule has 0 aliphatic heterocycles. The molecule has 0 radical (unpaired) electrons. The van der Waals surface area contributed by atoms with Gasteiger partial charge in [-0.15, -0.1) is 11.8 Å². The van der Waals surface area contributed by atoms with E-state index in [0.29, 0.717) is 11.1 Å². The Bertz CT molecular complexity index is 534. The number of ketones is 1. The molecule has 0 saturated heterocycles. The third kappa shape index (κ3) is 2.56. The van der Waals surface area contributed by atoms with Crippen LogP contribution in [0.1, 0.15) is 15.9 Å². The molecule has 0 atom stereocenters. The van der Waals surface area contributed by atoms with Crippen molar-refractivity contribution in [1.82, 2.24) is 0 Å². The molecule has 0 fully saturated rings. The quantitative estimate of drug-likeness (QED) is 0.605. The number of benzene rings is 2. The highest BCUT2D eigenvalue weighted by Gasteiger charge is 2.12. The molecule has 0 aromatic heterocycles. The molecule has 86 valence electrons. The topological polar surface area (TPSA) is 17.1 Å². The van der Waals surface area contributed by atoms with Gasteiger partial charge in [0.1, 0.15) is 5.82 Å². The second-order valence-electron chi connectivity index (χ2n) is 3.54. The fourth-order valence-corrected chi connectivity index (χ4v) is 2.18. The van der Waals surface area contributed by atoms with Crippen LogP contribution < -0.4 is 0 Å². The maximum Gasteiger partial charge on any atom is 0.194 e. The molecule has 2 aromatic rings. The van der Waals surface area contributed by atoms with Gasteiger partial charge in [-0.05, 0) is 42.7 Å². The minimum Gasteiger partial charge on any atom is -0.289 e. The Morgan fingerprint density at radius 3 is 2.35 bits per heavy atom. The first kappa shape index (κ1) is 11.9. The summed E-state index contributed by atoms with van der Waals surface area (Å²) in [5, 5.41) is 0. The van der Waals surface area contributed by atoms with Gasteiger partial charge in [-0.25, -0.2) is 4.39 Å². The van der Waals surface area contributed by atoms with Crippen LogP contribution in [0.5, 0.6) is 0 Å². The molecular formula is C14H11FOS. The molecule has 3 heteroatoms. The van der Waals surface area contributed by atoms with E-state index in [1.165, 1.54) is 36.0 Å². The Balaban J connectivity index is 2.40. The van der Waals surface area contributed by atoms with E-state index in [-0.39, 0.29) is 11.6 Å². The van der Waals surface area contributed by atoms with Crippen molar-refractivity contribution in [2.75, 3.05) is 6.26 Å². The van der Waals surface area contributed by atoms with Gasteiger partial charge in [0.25, 0.3) is 0 Å². The fourth-order valence-electron chi connectivity index (χ4n) is 1.59. The van der Waals surface area contributed by atoms with Gasteiger partial charge in [-0.3, -0.25) is 4.79 Å². The molecule has 0 amide bonds. The third-order valence-corrected chi connectivity index (χ3v) is 3.25. The van der Waals surface area contributed by atoms with E-state index in [1.807, 2.05) is 24.5 Å². The van der Waals surface area contributed by atoms with E-state index >= 15 is 0 Å². The van der Waals surface area contributed by atoms with Gasteiger partial charge in [-0.1, -0.05) is 12.1 Å². The lowest BCUT2D eigenvalue weighted by molar-refractivity contribution is 0.103. The van der Waals surface area contributed by atoms with Crippen LogP contribution in [0.15, 0.2) is 53.4 Å². The summed E-state index contributed by atoms with van der Waals surface area (Å²) in [5.74, 6) is -0.408. The molecule has 0 aliphatic rings. The highest BCUT2D eigenvalue weighted by molar-refractivity contribution is 7.98. The number of rotatable bonds is 3. The van der Waals surface area contributed by atoms with E-state index < -0.39 is 0 Å². The Labute approximate surface area is 104 Å². The average molecular weight is 246 g/mol. The van der Waals surface area contributed by atoms with Crippen molar-refractivity contribution in [3.8, 4) is 0 Å². The lowest BCUT2D eigenvalue weighted by Gasteiger charge is -2.05. The Morgan fingerprint density at radius 2 is 1.71 bits per heavy atom. The third-order valence-electron chi connectivity index (χ3n) is 2.46. The van der Waals surface area contributed by atoms with Gasteiger partial charge in [0.05, 0.1) is 0 Å². The average Bonchev–Trinajstić information content (AvgIpc) is 2.39. The summed E-state index contributed by atoms with van der Waals surface area (Å²) in [4.78, 5) is 13.1.